The van der Waals surface area contributed by atoms with Crippen LogP contribution in [-0.4, -0.2) is 31.6 Å². The average molecular weight is 315 g/mol. The Balaban J connectivity index is 2.23. The highest BCUT2D eigenvalue weighted by Gasteiger charge is 2.14. The molecule has 2 N–H and O–H groups in total. The summed E-state index contributed by atoms with van der Waals surface area (Å²) in [7, 11) is 1.54. The van der Waals surface area contributed by atoms with Gasteiger partial charge in [0.2, 0.25) is 5.78 Å². The van der Waals surface area contributed by atoms with Crippen LogP contribution in [-0.2, 0) is 7.05 Å². The van der Waals surface area contributed by atoms with E-state index in [0.717, 1.165) is 0 Å². The second-order valence-electron chi connectivity index (χ2n) is 5.86. The number of rotatable bonds is 3. The zero-order valence-electron chi connectivity index (χ0n) is 13.1. The molecule has 2 aromatic heterocycles. The highest BCUT2D eigenvalue weighted by atomic mass is 16.2. The fourth-order valence-electron chi connectivity index (χ4n) is 2.44. The molecule has 0 atom stereocenters. The number of aryl methyl sites for hydroxylation is 1. The number of hydrogen-bond acceptors (Lipinski definition) is 4. The van der Waals surface area contributed by atoms with Crippen molar-refractivity contribution >= 4 is 22.6 Å². The molecule has 0 bridgehead atoms. The zero-order chi connectivity index (χ0) is 16.7. The van der Waals surface area contributed by atoms with Gasteiger partial charge in [-0.1, -0.05) is 13.8 Å². The molecule has 8 nitrogen and oxygen atoms in total. The van der Waals surface area contributed by atoms with Gasteiger partial charge in [0.25, 0.3) is 11.5 Å². The maximum absolute atomic E-state index is 12.3. The molecular weight excluding hydrogens is 298 g/mol. The van der Waals surface area contributed by atoms with Crippen molar-refractivity contribution in [3.63, 3.8) is 0 Å². The van der Waals surface area contributed by atoms with Crippen LogP contribution in [0.5, 0.6) is 0 Å². The first-order valence-electron chi connectivity index (χ1n) is 7.28. The minimum atomic E-state index is -0.458. The number of H-pyrrole nitrogens is 1. The van der Waals surface area contributed by atoms with Crippen molar-refractivity contribution in [1.82, 2.24) is 24.5 Å². The Labute approximate surface area is 130 Å². The summed E-state index contributed by atoms with van der Waals surface area (Å²) in [6.07, 6.45) is 0. The van der Waals surface area contributed by atoms with Crippen molar-refractivity contribution in [2.45, 2.75) is 13.8 Å². The molecule has 23 heavy (non-hydrogen) atoms. The summed E-state index contributed by atoms with van der Waals surface area (Å²) in [6.45, 7) is 4.55. The molecular formula is C15H17N5O3. The summed E-state index contributed by atoms with van der Waals surface area (Å²) in [4.78, 5) is 36.5. The number of aromatic nitrogens is 4. The number of amides is 1. The number of fused-ring (bicyclic) bond motifs is 3. The van der Waals surface area contributed by atoms with Crippen molar-refractivity contribution in [3.8, 4) is 0 Å². The number of aromatic amines is 1. The Bertz CT molecular complexity index is 1030. The summed E-state index contributed by atoms with van der Waals surface area (Å²) >= 11 is 0. The molecule has 120 valence electrons. The van der Waals surface area contributed by atoms with E-state index in [0.29, 0.717) is 28.9 Å². The lowest BCUT2D eigenvalue weighted by atomic mass is 10.1. The van der Waals surface area contributed by atoms with Crippen LogP contribution >= 0.6 is 0 Å². The monoisotopic (exact) mass is 315 g/mol. The Kier molecular flexibility index (Phi) is 3.51. The fraction of sp³-hybridized carbons (Fsp3) is 0.333. The van der Waals surface area contributed by atoms with Crippen molar-refractivity contribution < 1.29 is 4.79 Å². The molecule has 0 fully saturated rings. The summed E-state index contributed by atoms with van der Waals surface area (Å²) < 4.78 is 2.58. The third kappa shape index (κ3) is 2.41. The van der Waals surface area contributed by atoms with E-state index in [2.05, 4.69) is 15.5 Å². The quantitative estimate of drug-likeness (QED) is 0.724. The molecule has 0 saturated carbocycles. The molecule has 3 aromatic rings. The van der Waals surface area contributed by atoms with Crippen LogP contribution in [0.3, 0.4) is 0 Å². The van der Waals surface area contributed by atoms with Crippen molar-refractivity contribution in [2.24, 2.45) is 13.0 Å². The van der Waals surface area contributed by atoms with Gasteiger partial charge >= 0.3 is 5.69 Å². The molecule has 0 radical (unpaired) electrons. The molecule has 3 rings (SSSR count). The van der Waals surface area contributed by atoms with Gasteiger partial charge in [-0.2, -0.15) is 0 Å². The molecule has 2 heterocycles. The second kappa shape index (κ2) is 5.38. The molecule has 1 amide bonds. The summed E-state index contributed by atoms with van der Waals surface area (Å²) in [5.41, 5.74) is 0.0147. The summed E-state index contributed by atoms with van der Waals surface area (Å²) in [6, 6.07) is 4.67. The minimum Gasteiger partial charge on any atom is -0.352 e. The fourth-order valence-corrected chi connectivity index (χ4v) is 2.44. The van der Waals surface area contributed by atoms with E-state index in [1.165, 1.54) is 15.0 Å². The Morgan fingerprint density at radius 3 is 2.78 bits per heavy atom. The van der Waals surface area contributed by atoms with Gasteiger partial charge in [-0.15, -0.1) is 5.10 Å². The first kappa shape index (κ1) is 15.0. The van der Waals surface area contributed by atoms with E-state index in [4.69, 9.17) is 0 Å². The van der Waals surface area contributed by atoms with Crippen molar-refractivity contribution in [1.29, 1.82) is 0 Å². The number of carbonyl (C=O) groups is 1. The minimum absolute atomic E-state index is 0.201. The molecule has 1 aromatic carbocycles. The molecule has 8 heteroatoms. The van der Waals surface area contributed by atoms with E-state index in [1.54, 1.807) is 19.2 Å². The Morgan fingerprint density at radius 2 is 2.09 bits per heavy atom. The number of nitrogens with one attached hydrogen (secondary N) is 2. The maximum Gasteiger partial charge on any atom is 0.349 e. The van der Waals surface area contributed by atoms with E-state index in [-0.39, 0.29) is 17.2 Å². The van der Waals surface area contributed by atoms with Crippen LogP contribution < -0.4 is 16.6 Å². The first-order chi connectivity index (χ1) is 10.9. The first-order valence-corrected chi connectivity index (χ1v) is 7.28. The molecule has 0 aliphatic rings. The second-order valence-corrected chi connectivity index (χ2v) is 5.86. The number of benzene rings is 1. The average Bonchev–Trinajstić information content (AvgIpc) is 2.91. The van der Waals surface area contributed by atoms with Crippen molar-refractivity contribution in [2.75, 3.05) is 6.54 Å². The molecule has 0 aliphatic carbocycles. The zero-order valence-corrected chi connectivity index (χ0v) is 13.1. The third-order valence-corrected chi connectivity index (χ3v) is 3.66. The largest absolute Gasteiger partial charge is 0.352 e. The van der Waals surface area contributed by atoms with Gasteiger partial charge in [0, 0.05) is 19.2 Å². The predicted octanol–water partition coefficient (Wildman–Crippen LogP) is 0.260. The molecule has 0 spiro atoms. The van der Waals surface area contributed by atoms with Crippen LogP contribution in [0.15, 0.2) is 27.8 Å². The lowest BCUT2D eigenvalue weighted by Gasteiger charge is -2.09. The van der Waals surface area contributed by atoms with Crippen LogP contribution in [0.1, 0.15) is 24.2 Å². The van der Waals surface area contributed by atoms with Gasteiger partial charge in [-0.25, -0.2) is 14.3 Å². The highest BCUT2D eigenvalue weighted by molar-refractivity contribution is 5.98. The van der Waals surface area contributed by atoms with E-state index in [1.807, 2.05) is 13.8 Å². The SMILES string of the molecule is CC(C)CNC(=O)c1ccc2c(=O)n(C)c3n[nH]c(=O)n3c2c1. The van der Waals surface area contributed by atoms with Crippen molar-refractivity contribution in [3.05, 3.63) is 44.6 Å². The Hall–Kier alpha value is -2.90. The number of carbonyl (C=O) groups excluding carboxylic acids is 1. The van der Waals surface area contributed by atoms with Gasteiger partial charge in [-0.05, 0) is 24.1 Å². The lowest BCUT2D eigenvalue weighted by Crippen LogP contribution is -2.28. The third-order valence-electron chi connectivity index (χ3n) is 3.66. The number of hydrogen-bond donors (Lipinski definition) is 2. The topological polar surface area (TPSA) is 101 Å². The Morgan fingerprint density at radius 1 is 1.35 bits per heavy atom. The van der Waals surface area contributed by atoms with Crippen LogP contribution in [0.4, 0.5) is 0 Å². The lowest BCUT2D eigenvalue weighted by molar-refractivity contribution is 0.0949. The van der Waals surface area contributed by atoms with Crippen LogP contribution in [0, 0.1) is 5.92 Å². The summed E-state index contributed by atoms with van der Waals surface area (Å²) in [5.74, 6) is 0.285. The van der Waals surface area contributed by atoms with E-state index >= 15 is 0 Å². The molecule has 0 aliphatic heterocycles. The summed E-state index contributed by atoms with van der Waals surface area (Å²) in [5, 5.41) is 9.34. The van der Waals surface area contributed by atoms with Gasteiger partial charge in [0.05, 0.1) is 10.9 Å². The normalized spacial score (nSPS) is 11.5. The highest BCUT2D eigenvalue weighted by Crippen LogP contribution is 2.13. The van der Waals surface area contributed by atoms with Crippen LogP contribution in [0.25, 0.3) is 16.7 Å². The molecule has 0 saturated heterocycles. The van der Waals surface area contributed by atoms with E-state index in [9.17, 15) is 14.4 Å². The van der Waals surface area contributed by atoms with Gasteiger partial charge < -0.3 is 5.32 Å². The van der Waals surface area contributed by atoms with Gasteiger partial charge in [0.15, 0.2) is 0 Å². The smallest absolute Gasteiger partial charge is 0.349 e. The number of nitrogens with zero attached hydrogens (tertiary/aromatic N) is 3. The molecule has 0 unspecified atom stereocenters. The van der Waals surface area contributed by atoms with Gasteiger partial charge in [0.1, 0.15) is 0 Å². The predicted molar refractivity (Wildman–Crippen MR) is 85.7 cm³/mol. The van der Waals surface area contributed by atoms with Crippen LogP contribution in [0.2, 0.25) is 0 Å². The van der Waals surface area contributed by atoms with E-state index < -0.39 is 5.69 Å². The maximum atomic E-state index is 12.3. The standard InChI is InChI=1S/C15H17N5O3/c1-8(2)7-16-12(21)9-4-5-10-11(6-9)20-14(17-18-15(20)23)19(3)13(10)22/h4-6,8H,7H2,1-3H3,(H,16,21)(H,18,23). The van der Waals surface area contributed by atoms with Gasteiger partial charge in [-0.3, -0.25) is 14.2 Å².